The van der Waals surface area contributed by atoms with Gasteiger partial charge in [-0.1, -0.05) is 0 Å². The first-order chi connectivity index (χ1) is 6.13. The van der Waals surface area contributed by atoms with Crippen LogP contribution in [0.15, 0.2) is 0 Å². The molecule has 5 heteroatoms. The van der Waals surface area contributed by atoms with Crippen LogP contribution in [0.3, 0.4) is 0 Å². The molecule has 1 fully saturated rings. The molecule has 0 aromatic heterocycles. The third-order valence-corrected chi connectivity index (χ3v) is 1.86. The molecule has 1 aliphatic rings. The highest BCUT2D eigenvalue weighted by Crippen LogP contribution is 2.08. The van der Waals surface area contributed by atoms with Crippen molar-refractivity contribution in [3.63, 3.8) is 0 Å². The van der Waals surface area contributed by atoms with Crippen LogP contribution in [0.5, 0.6) is 0 Å². The fraction of sp³-hybridized carbons (Fsp3) is 0.750. The highest BCUT2D eigenvalue weighted by atomic mass is 16.8. The van der Waals surface area contributed by atoms with Crippen LogP contribution in [0.25, 0.3) is 0 Å². The van der Waals surface area contributed by atoms with E-state index in [4.69, 9.17) is 4.74 Å². The van der Waals surface area contributed by atoms with Crippen LogP contribution in [-0.2, 0) is 14.3 Å². The molecule has 1 amide bonds. The summed E-state index contributed by atoms with van der Waals surface area (Å²) in [6.45, 7) is 4.42. The Morgan fingerprint density at radius 2 is 2.38 bits per heavy atom. The lowest BCUT2D eigenvalue weighted by molar-refractivity contribution is -0.120. The molecular formula is C8H13NO4. The summed E-state index contributed by atoms with van der Waals surface area (Å²) in [5.41, 5.74) is 0. The molecule has 1 atom stereocenters. The lowest BCUT2D eigenvalue weighted by Crippen LogP contribution is -2.37. The molecule has 1 unspecified atom stereocenters. The zero-order valence-electron chi connectivity index (χ0n) is 7.73. The summed E-state index contributed by atoms with van der Waals surface area (Å²) in [6.07, 6.45) is -0.226. The van der Waals surface area contributed by atoms with Crippen LogP contribution >= 0.6 is 0 Å². The van der Waals surface area contributed by atoms with Crippen molar-refractivity contribution in [2.24, 2.45) is 0 Å². The Morgan fingerprint density at radius 3 is 2.77 bits per heavy atom. The Labute approximate surface area is 76.6 Å². The van der Waals surface area contributed by atoms with Crippen molar-refractivity contribution < 1.29 is 19.1 Å². The van der Waals surface area contributed by atoms with E-state index in [-0.39, 0.29) is 18.8 Å². The van der Waals surface area contributed by atoms with Crippen LogP contribution in [0.1, 0.15) is 13.8 Å². The van der Waals surface area contributed by atoms with Crippen LogP contribution in [-0.4, -0.2) is 42.8 Å². The molecule has 74 valence electrons. The van der Waals surface area contributed by atoms with Gasteiger partial charge >= 0.3 is 6.16 Å². The van der Waals surface area contributed by atoms with Crippen LogP contribution in [0, 0.1) is 0 Å². The molecule has 1 aliphatic heterocycles. The number of nitrogens with zero attached hydrogens (tertiary/aromatic N) is 1. The molecule has 13 heavy (non-hydrogen) atoms. The van der Waals surface area contributed by atoms with E-state index in [0.29, 0.717) is 6.54 Å². The maximum atomic E-state index is 10.6. The summed E-state index contributed by atoms with van der Waals surface area (Å²) in [4.78, 5) is 22.7. The van der Waals surface area contributed by atoms with Crippen molar-refractivity contribution >= 4 is 12.6 Å². The van der Waals surface area contributed by atoms with Gasteiger partial charge in [-0.05, 0) is 13.8 Å². The molecule has 1 rings (SSSR count). The maximum absolute atomic E-state index is 10.6. The second kappa shape index (κ2) is 4.11. The van der Waals surface area contributed by atoms with E-state index in [1.54, 1.807) is 4.90 Å². The molecular weight excluding hydrogens is 174 g/mol. The number of carbonyl (C=O) groups is 2. The minimum atomic E-state index is -0.653. The van der Waals surface area contributed by atoms with Crippen molar-refractivity contribution in [2.45, 2.75) is 26.0 Å². The summed E-state index contributed by atoms with van der Waals surface area (Å²) in [6, 6.07) is 0.108. The molecule has 0 bridgehead atoms. The minimum absolute atomic E-state index is 0.108. The first-order valence-corrected chi connectivity index (χ1v) is 4.18. The van der Waals surface area contributed by atoms with E-state index < -0.39 is 6.16 Å². The molecule has 0 spiro atoms. The number of hydrogen-bond donors (Lipinski definition) is 0. The summed E-state index contributed by atoms with van der Waals surface area (Å²) in [5, 5.41) is 0. The standard InChI is InChI=1S/C8H13NO4/c1-6(2)9(5-10)3-7-4-12-8(11)13-7/h5-7H,3-4H2,1-2H3. The van der Waals surface area contributed by atoms with Crippen molar-refractivity contribution in [3.05, 3.63) is 0 Å². The SMILES string of the molecule is CC(C)N(C=O)CC1COC(=O)O1. The highest BCUT2D eigenvalue weighted by molar-refractivity contribution is 5.62. The monoisotopic (exact) mass is 187 g/mol. The molecule has 0 N–H and O–H groups in total. The van der Waals surface area contributed by atoms with Crippen LogP contribution in [0.2, 0.25) is 0 Å². The maximum Gasteiger partial charge on any atom is 0.508 e. The first-order valence-electron chi connectivity index (χ1n) is 4.18. The molecule has 0 aliphatic carbocycles. The average molecular weight is 187 g/mol. The summed E-state index contributed by atoms with van der Waals surface area (Å²) in [7, 11) is 0. The second-order valence-electron chi connectivity index (χ2n) is 3.20. The van der Waals surface area contributed by atoms with Gasteiger partial charge in [0.1, 0.15) is 6.61 Å². The van der Waals surface area contributed by atoms with E-state index in [9.17, 15) is 9.59 Å². The van der Waals surface area contributed by atoms with E-state index in [2.05, 4.69) is 4.74 Å². The number of hydrogen-bond acceptors (Lipinski definition) is 4. The fourth-order valence-corrected chi connectivity index (χ4v) is 1.07. The van der Waals surface area contributed by atoms with Gasteiger partial charge < -0.3 is 14.4 Å². The number of carbonyl (C=O) groups excluding carboxylic acids is 2. The van der Waals surface area contributed by atoms with E-state index >= 15 is 0 Å². The third kappa shape index (κ3) is 2.61. The predicted molar refractivity (Wildman–Crippen MR) is 44.1 cm³/mol. The topological polar surface area (TPSA) is 55.8 Å². The molecule has 0 aromatic carbocycles. The number of rotatable bonds is 4. The Hall–Kier alpha value is -1.26. The van der Waals surface area contributed by atoms with E-state index in [0.717, 1.165) is 6.41 Å². The smallest absolute Gasteiger partial charge is 0.430 e. The van der Waals surface area contributed by atoms with Crippen molar-refractivity contribution in [1.82, 2.24) is 4.90 Å². The van der Waals surface area contributed by atoms with Gasteiger partial charge in [0.25, 0.3) is 0 Å². The first kappa shape index (κ1) is 9.83. The lowest BCUT2D eigenvalue weighted by Gasteiger charge is -2.23. The zero-order valence-corrected chi connectivity index (χ0v) is 7.73. The van der Waals surface area contributed by atoms with Gasteiger partial charge in [0, 0.05) is 6.04 Å². The molecule has 1 saturated heterocycles. The van der Waals surface area contributed by atoms with Crippen LogP contribution < -0.4 is 0 Å². The molecule has 5 nitrogen and oxygen atoms in total. The summed E-state index contributed by atoms with van der Waals surface area (Å²) >= 11 is 0. The van der Waals surface area contributed by atoms with E-state index in [1.165, 1.54) is 0 Å². The Kier molecular flexibility index (Phi) is 3.11. The summed E-state index contributed by atoms with van der Waals surface area (Å²) < 4.78 is 9.37. The second-order valence-corrected chi connectivity index (χ2v) is 3.20. The van der Waals surface area contributed by atoms with E-state index in [1.807, 2.05) is 13.8 Å². The predicted octanol–water partition coefficient (Wildman–Crippen LogP) is 0.389. The molecule has 0 aromatic rings. The highest BCUT2D eigenvalue weighted by Gasteiger charge is 2.27. The third-order valence-electron chi connectivity index (χ3n) is 1.86. The molecule has 0 radical (unpaired) electrons. The van der Waals surface area contributed by atoms with Gasteiger partial charge in [-0.3, -0.25) is 4.79 Å². The molecule has 0 saturated carbocycles. The normalized spacial score (nSPS) is 21.2. The summed E-state index contributed by atoms with van der Waals surface area (Å²) in [5.74, 6) is 0. The Balaban J connectivity index is 2.38. The quantitative estimate of drug-likeness (QED) is 0.472. The van der Waals surface area contributed by atoms with Gasteiger partial charge in [0.05, 0.1) is 6.54 Å². The van der Waals surface area contributed by atoms with Crippen LogP contribution in [0.4, 0.5) is 4.79 Å². The van der Waals surface area contributed by atoms with Crippen molar-refractivity contribution in [3.8, 4) is 0 Å². The van der Waals surface area contributed by atoms with Crippen molar-refractivity contribution in [1.29, 1.82) is 0 Å². The minimum Gasteiger partial charge on any atom is -0.430 e. The lowest BCUT2D eigenvalue weighted by atomic mass is 10.3. The Bertz CT molecular complexity index is 204. The van der Waals surface area contributed by atoms with Gasteiger partial charge in [0.15, 0.2) is 6.10 Å². The van der Waals surface area contributed by atoms with Gasteiger partial charge in [0.2, 0.25) is 6.41 Å². The van der Waals surface area contributed by atoms with Crippen molar-refractivity contribution in [2.75, 3.05) is 13.2 Å². The van der Waals surface area contributed by atoms with Gasteiger partial charge in [-0.25, -0.2) is 4.79 Å². The largest absolute Gasteiger partial charge is 0.508 e. The number of ether oxygens (including phenoxy) is 2. The zero-order chi connectivity index (χ0) is 9.84. The number of cyclic esters (lactones) is 2. The molecule has 1 heterocycles. The fourth-order valence-electron chi connectivity index (χ4n) is 1.07. The van der Waals surface area contributed by atoms with Gasteiger partial charge in [-0.2, -0.15) is 0 Å². The van der Waals surface area contributed by atoms with Gasteiger partial charge in [-0.15, -0.1) is 0 Å². The Morgan fingerprint density at radius 1 is 1.69 bits per heavy atom. The average Bonchev–Trinajstić information content (AvgIpc) is 2.46. The number of amides is 1.